The average molecular weight is 267 g/mol. The van der Waals surface area contributed by atoms with Crippen LogP contribution in [0.1, 0.15) is 18.9 Å². The van der Waals surface area contributed by atoms with E-state index in [-0.39, 0.29) is 12.5 Å². The second-order valence-electron chi connectivity index (χ2n) is 4.14. The lowest BCUT2D eigenvalue weighted by atomic mass is 10.2. The molecule has 0 saturated carbocycles. The molecular weight excluding hydrogens is 246 g/mol. The quantitative estimate of drug-likeness (QED) is 0.820. The van der Waals surface area contributed by atoms with Gasteiger partial charge >= 0.3 is 0 Å². The fourth-order valence-electron chi connectivity index (χ4n) is 1.61. The van der Waals surface area contributed by atoms with Gasteiger partial charge in [-0.2, -0.15) is 0 Å². The molecule has 0 aliphatic heterocycles. The van der Waals surface area contributed by atoms with Gasteiger partial charge in [-0.1, -0.05) is 6.92 Å². The molecule has 0 fully saturated rings. The Labute approximate surface area is 113 Å². The summed E-state index contributed by atoms with van der Waals surface area (Å²) in [6, 6.07) is 3.67. The SMILES string of the molecule is CCCNC(=O)COc1c(OC)cc(C)cc1OC. The summed E-state index contributed by atoms with van der Waals surface area (Å²) in [6.45, 7) is 4.51. The van der Waals surface area contributed by atoms with E-state index in [1.807, 2.05) is 26.0 Å². The molecule has 1 rings (SSSR count). The normalized spacial score (nSPS) is 9.89. The Kier molecular flexibility index (Phi) is 5.99. The predicted molar refractivity (Wildman–Crippen MR) is 73.1 cm³/mol. The molecule has 5 heteroatoms. The first-order valence-corrected chi connectivity index (χ1v) is 6.24. The van der Waals surface area contributed by atoms with Gasteiger partial charge in [0.25, 0.3) is 5.91 Å². The molecule has 1 aromatic rings. The molecule has 0 radical (unpaired) electrons. The van der Waals surface area contributed by atoms with Crippen LogP contribution in [0.15, 0.2) is 12.1 Å². The number of hydrogen-bond donors (Lipinski definition) is 1. The summed E-state index contributed by atoms with van der Waals surface area (Å²) in [4.78, 5) is 11.5. The summed E-state index contributed by atoms with van der Waals surface area (Å²) >= 11 is 0. The lowest BCUT2D eigenvalue weighted by molar-refractivity contribution is -0.123. The van der Waals surface area contributed by atoms with Gasteiger partial charge in [0.15, 0.2) is 18.1 Å². The molecule has 0 aliphatic rings. The van der Waals surface area contributed by atoms with E-state index >= 15 is 0 Å². The van der Waals surface area contributed by atoms with Gasteiger partial charge in [0.2, 0.25) is 5.75 Å². The molecule has 0 aliphatic carbocycles. The van der Waals surface area contributed by atoms with Crippen molar-refractivity contribution in [2.45, 2.75) is 20.3 Å². The number of rotatable bonds is 7. The Bertz CT molecular complexity index is 406. The van der Waals surface area contributed by atoms with Gasteiger partial charge in [-0.25, -0.2) is 0 Å². The van der Waals surface area contributed by atoms with Crippen LogP contribution in [0.2, 0.25) is 0 Å². The fourth-order valence-corrected chi connectivity index (χ4v) is 1.61. The minimum absolute atomic E-state index is 0.0597. The van der Waals surface area contributed by atoms with Gasteiger partial charge < -0.3 is 19.5 Å². The molecule has 0 heterocycles. The van der Waals surface area contributed by atoms with E-state index in [1.54, 1.807) is 14.2 Å². The Morgan fingerprint density at radius 2 is 1.79 bits per heavy atom. The predicted octanol–water partition coefficient (Wildman–Crippen LogP) is 1.92. The molecule has 0 atom stereocenters. The molecule has 0 aromatic heterocycles. The largest absolute Gasteiger partial charge is 0.493 e. The third kappa shape index (κ3) is 4.35. The van der Waals surface area contributed by atoms with Gasteiger partial charge in [-0.05, 0) is 31.0 Å². The summed E-state index contributed by atoms with van der Waals surface area (Å²) in [5.41, 5.74) is 0.997. The van der Waals surface area contributed by atoms with Crippen molar-refractivity contribution >= 4 is 5.91 Å². The highest BCUT2D eigenvalue weighted by Gasteiger charge is 2.14. The molecule has 0 bridgehead atoms. The lowest BCUT2D eigenvalue weighted by Gasteiger charge is -2.15. The van der Waals surface area contributed by atoms with Crippen molar-refractivity contribution in [1.29, 1.82) is 0 Å². The maximum Gasteiger partial charge on any atom is 0.257 e. The minimum atomic E-state index is -0.161. The van der Waals surface area contributed by atoms with Crippen LogP contribution in [0, 0.1) is 6.92 Å². The first kappa shape index (κ1) is 15.1. The number of carbonyl (C=O) groups is 1. The molecule has 106 valence electrons. The van der Waals surface area contributed by atoms with Crippen LogP contribution in [-0.4, -0.2) is 33.3 Å². The van der Waals surface area contributed by atoms with Crippen molar-refractivity contribution in [2.75, 3.05) is 27.4 Å². The van der Waals surface area contributed by atoms with Crippen LogP contribution in [0.5, 0.6) is 17.2 Å². The van der Waals surface area contributed by atoms with E-state index < -0.39 is 0 Å². The first-order chi connectivity index (χ1) is 9.12. The van der Waals surface area contributed by atoms with Crippen LogP contribution in [0.4, 0.5) is 0 Å². The number of benzene rings is 1. The van der Waals surface area contributed by atoms with Crippen molar-refractivity contribution in [2.24, 2.45) is 0 Å². The van der Waals surface area contributed by atoms with Crippen LogP contribution in [0.25, 0.3) is 0 Å². The molecule has 19 heavy (non-hydrogen) atoms. The number of nitrogens with one attached hydrogen (secondary N) is 1. The van der Waals surface area contributed by atoms with Crippen LogP contribution in [-0.2, 0) is 4.79 Å². The van der Waals surface area contributed by atoms with Crippen molar-refractivity contribution in [3.8, 4) is 17.2 Å². The van der Waals surface area contributed by atoms with Crippen LogP contribution in [0.3, 0.4) is 0 Å². The second-order valence-corrected chi connectivity index (χ2v) is 4.14. The molecule has 5 nitrogen and oxygen atoms in total. The van der Waals surface area contributed by atoms with E-state index in [4.69, 9.17) is 14.2 Å². The van der Waals surface area contributed by atoms with Crippen molar-refractivity contribution < 1.29 is 19.0 Å². The summed E-state index contributed by atoms with van der Waals surface area (Å²) < 4.78 is 16.0. The highest BCUT2D eigenvalue weighted by atomic mass is 16.5. The zero-order chi connectivity index (χ0) is 14.3. The number of ether oxygens (including phenoxy) is 3. The first-order valence-electron chi connectivity index (χ1n) is 6.24. The van der Waals surface area contributed by atoms with E-state index in [9.17, 15) is 4.79 Å². The molecule has 1 aromatic carbocycles. The Morgan fingerprint density at radius 3 is 2.26 bits per heavy atom. The molecule has 1 N–H and O–H groups in total. The average Bonchev–Trinajstić information content (AvgIpc) is 2.42. The topological polar surface area (TPSA) is 56.8 Å². The maximum atomic E-state index is 11.5. The van der Waals surface area contributed by atoms with Crippen LogP contribution >= 0.6 is 0 Å². The Morgan fingerprint density at radius 1 is 1.21 bits per heavy atom. The summed E-state index contributed by atoms with van der Waals surface area (Å²) in [5.74, 6) is 1.40. The zero-order valence-corrected chi connectivity index (χ0v) is 11.9. The number of methoxy groups -OCH3 is 2. The van der Waals surface area contributed by atoms with Crippen molar-refractivity contribution in [3.05, 3.63) is 17.7 Å². The van der Waals surface area contributed by atoms with E-state index in [2.05, 4.69) is 5.32 Å². The maximum absolute atomic E-state index is 11.5. The molecule has 0 saturated heterocycles. The van der Waals surface area contributed by atoms with Gasteiger partial charge in [-0.15, -0.1) is 0 Å². The second kappa shape index (κ2) is 7.51. The van der Waals surface area contributed by atoms with Crippen LogP contribution < -0.4 is 19.5 Å². The fraction of sp³-hybridized carbons (Fsp3) is 0.500. The Balaban J connectivity index is 2.78. The summed E-state index contributed by atoms with van der Waals surface area (Å²) in [6.07, 6.45) is 0.892. The molecule has 1 amide bonds. The third-order valence-electron chi connectivity index (χ3n) is 2.52. The minimum Gasteiger partial charge on any atom is -0.493 e. The summed E-state index contributed by atoms with van der Waals surface area (Å²) in [7, 11) is 3.11. The molecular formula is C14H21NO4. The monoisotopic (exact) mass is 267 g/mol. The van der Waals surface area contributed by atoms with Gasteiger partial charge in [0.1, 0.15) is 0 Å². The standard InChI is InChI=1S/C14H21NO4/c1-5-6-15-13(16)9-19-14-11(17-3)7-10(2)8-12(14)18-4/h7-8H,5-6,9H2,1-4H3,(H,15,16). The summed E-state index contributed by atoms with van der Waals surface area (Å²) in [5, 5.41) is 2.74. The third-order valence-corrected chi connectivity index (χ3v) is 2.52. The van der Waals surface area contributed by atoms with E-state index in [1.165, 1.54) is 0 Å². The van der Waals surface area contributed by atoms with Gasteiger partial charge in [-0.3, -0.25) is 4.79 Å². The number of hydrogen-bond acceptors (Lipinski definition) is 4. The highest BCUT2D eigenvalue weighted by Crippen LogP contribution is 2.38. The lowest BCUT2D eigenvalue weighted by Crippen LogP contribution is -2.29. The number of carbonyl (C=O) groups excluding carboxylic acids is 1. The van der Waals surface area contributed by atoms with E-state index in [0.29, 0.717) is 23.8 Å². The van der Waals surface area contributed by atoms with Gasteiger partial charge in [0, 0.05) is 6.54 Å². The number of amides is 1. The molecule has 0 unspecified atom stereocenters. The number of aryl methyl sites for hydroxylation is 1. The zero-order valence-electron chi connectivity index (χ0n) is 11.9. The smallest absolute Gasteiger partial charge is 0.257 e. The highest BCUT2D eigenvalue weighted by molar-refractivity contribution is 5.77. The van der Waals surface area contributed by atoms with Crippen molar-refractivity contribution in [1.82, 2.24) is 5.32 Å². The van der Waals surface area contributed by atoms with E-state index in [0.717, 1.165) is 12.0 Å². The van der Waals surface area contributed by atoms with Crippen molar-refractivity contribution in [3.63, 3.8) is 0 Å². The van der Waals surface area contributed by atoms with Gasteiger partial charge in [0.05, 0.1) is 14.2 Å². The molecule has 0 spiro atoms. The Hall–Kier alpha value is -1.91.